The highest BCUT2D eigenvalue weighted by molar-refractivity contribution is 5.37. The van der Waals surface area contributed by atoms with E-state index in [0.29, 0.717) is 25.2 Å². The molecule has 2 aromatic carbocycles. The van der Waals surface area contributed by atoms with E-state index in [0.717, 1.165) is 16.9 Å². The SMILES string of the molecule is COc1ccc(CN)cc1CN(C)Cc1ccccc1F. The van der Waals surface area contributed by atoms with E-state index < -0.39 is 0 Å². The van der Waals surface area contributed by atoms with E-state index in [4.69, 9.17) is 10.5 Å². The molecule has 2 aromatic rings. The number of halogens is 1. The second kappa shape index (κ2) is 7.20. The maximum absolute atomic E-state index is 13.7. The monoisotopic (exact) mass is 288 g/mol. The van der Waals surface area contributed by atoms with Crippen molar-refractivity contribution < 1.29 is 9.13 Å². The fourth-order valence-electron chi connectivity index (χ4n) is 2.35. The first-order chi connectivity index (χ1) is 10.1. The molecule has 0 spiro atoms. The standard InChI is InChI=1S/C17H21FN2O/c1-20(11-14-5-3-4-6-16(14)18)12-15-9-13(10-19)7-8-17(15)21-2/h3-9H,10-12,19H2,1-2H3. The molecule has 0 unspecified atom stereocenters. The first-order valence-corrected chi connectivity index (χ1v) is 6.92. The van der Waals surface area contributed by atoms with Crippen LogP contribution < -0.4 is 10.5 Å². The van der Waals surface area contributed by atoms with E-state index in [1.807, 2.05) is 31.3 Å². The molecule has 3 nitrogen and oxygen atoms in total. The molecule has 4 heteroatoms. The van der Waals surface area contributed by atoms with Gasteiger partial charge in [0.1, 0.15) is 11.6 Å². The van der Waals surface area contributed by atoms with Crippen molar-refractivity contribution in [3.8, 4) is 5.75 Å². The third kappa shape index (κ3) is 4.03. The van der Waals surface area contributed by atoms with Gasteiger partial charge in [-0.1, -0.05) is 24.3 Å². The van der Waals surface area contributed by atoms with Gasteiger partial charge in [-0.2, -0.15) is 0 Å². The van der Waals surface area contributed by atoms with Crippen molar-refractivity contribution in [3.63, 3.8) is 0 Å². The molecule has 21 heavy (non-hydrogen) atoms. The molecular formula is C17H21FN2O. The fourth-order valence-corrected chi connectivity index (χ4v) is 2.35. The Labute approximate surface area is 125 Å². The van der Waals surface area contributed by atoms with Crippen LogP contribution in [0.1, 0.15) is 16.7 Å². The van der Waals surface area contributed by atoms with Gasteiger partial charge in [-0.05, 0) is 30.8 Å². The van der Waals surface area contributed by atoms with Crippen molar-refractivity contribution >= 4 is 0 Å². The van der Waals surface area contributed by atoms with Gasteiger partial charge in [-0.15, -0.1) is 0 Å². The Hall–Kier alpha value is -1.91. The van der Waals surface area contributed by atoms with Gasteiger partial charge in [-0.25, -0.2) is 4.39 Å². The Morgan fingerprint density at radius 1 is 1.10 bits per heavy atom. The van der Waals surface area contributed by atoms with Gasteiger partial charge in [0.25, 0.3) is 0 Å². The molecule has 0 saturated heterocycles. The van der Waals surface area contributed by atoms with Gasteiger partial charge < -0.3 is 10.5 Å². The van der Waals surface area contributed by atoms with Crippen LogP contribution in [0.3, 0.4) is 0 Å². The lowest BCUT2D eigenvalue weighted by Gasteiger charge is -2.19. The molecule has 0 amide bonds. The van der Waals surface area contributed by atoms with Gasteiger partial charge in [0.2, 0.25) is 0 Å². The largest absolute Gasteiger partial charge is 0.496 e. The lowest BCUT2D eigenvalue weighted by molar-refractivity contribution is 0.305. The number of nitrogens with two attached hydrogens (primary N) is 1. The number of methoxy groups -OCH3 is 1. The third-order valence-electron chi connectivity index (χ3n) is 3.42. The average Bonchev–Trinajstić information content (AvgIpc) is 2.49. The molecule has 0 aliphatic heterocycles. The van der Waals surface area contributed by atoms with Crippen LogP contribution in [0.4, 0.5) is 4.39 Å². The normalized spacial score (nSPS) is 10.9. The van der Waals surface area contributed by atoms with Gasteiger partial charge in [0.15, 0.2) is 0 Å². The molecule has 2 N–H and O–H groups in total. The summed E-state index contributed by atoms with van der Waals surface area (Å²) < 4.78 is 19.1. The summed E-state index contributed by atoms with van der Waals surface area (Å²) in [5.41, 5.74) is 8.48. The lowest BCUT2D eigenvalue weighted by atomic mass is 10.1. The van der Waals surface area contributed by atoms with E-state index in [9.17, 15) is 4.39 Å². The maximum atomic E-state index is 13.7. The second-order valence-corrected chi connectivity index (χ2v) is 5.11. The highest BCUT2D eigenvalue weighted by atomic mass is 19.1. The zero-order chi connectivity index (χ0) is 15.2. The molecule has 0 atom stereocenters. The Balaban J connectivity index is 2.12. The summed E-state index contributed by atoms with van der Waals surface area (Å²) in [6.07, 6.45) is 0. The number of benzene rings is 2. The average molecular weight is 288 g/mol. The van der Waals surface area contributed by atoms with E-state index in [1.54, 1.807) is 19.2 Å². The van der Waals surface area contributed by atoms with Crippen LogP contribution in [-0.4, -0.2) is 19.1 Å². The molecule has 0 aliphatic rings. The van der Waals surface area contributed by atoms with Crippen LogP contribution in [0.5, 0.6) is 5.75 Å². The zero-order valence-corrected chi connectivity index (χ0v) is 12.5. The van der Waals surface area contributed by atoms with Crippen LogP contribution in [-0.2, 0) is 19.6 Å². The van der Waals surface area contributed by atoms with Crippen LogP contribution in [0.25, 0.3) is 0 Å². The molecule has 112 valence electrons. The smallest absolute Gasteiger partial charge is 0.127 e. The molecule has 0 aliphatic carbocycles. The summed E-state index contributed by atoms with van der Waals surface area (Å²) in [6.45, 7) is 1.71. The number of nitrogens with zero attached hydrogens (tertiary/aromatic N) is 1. The quantitative estimate of drug-likeness (QED) is 0.888. The summed E-state index contributed by atoms with van der Waals surface area (Å²) in [6, 6.07) is 12.8. The number of ether oxygens (including phenoxy) is 1. The Kier molecular flexibility index (Phi) is 5.31. The molecular weight excluding hydrogens is 267 g/mol. The van der Waals surface area contributed by atoms with Crippen molar-refractivity contribution in [2.24, 2.45) is 5.73 Å². The summed E-state index contributed by atoms with van der Waals surface area (Å²) in [7, 11) is 3.61. The number of hydrogen-bond acceptors (Lipinski definition) is 3. The third-order valence-corrected chi connectivity index (χ3v) is 3.42. The minimum atomic E-state index is -0.174. The van der Waals surface area contributed by atoms with Crippen LogP contribution in [0.2, 0.25) is 0 Å². The van der Waals surface area contributed by atoms with Crippen molar-refractivity contribution in [1.29, 1.82) is 0 Å². The first-order valence-electron chi connectivity index (χ1n) is 6.92. The van der Waals surface area contributed by atoms with Crippen molar-refractivity contribution in [3.05, 3.63) is 65.0 Å². The summed E-state index contributed by atoms with van der Waals surface area (Å²) in [5, 5.41) is 0. The van der Waals surface area contributed by atoms with Gasteiger partial charge in [0, 0.05) is 30.8 Å². The molecule has 0 aromatic heterocycles. The molecule has 0 bridgehead atoms. The molecule has 2 rings (SSSR count). The van der Waals surface area contributed by atoms with Crippen molar-refractivity contribution in [2.75, 3.05) is 14.2 Å². The fraction of sp³-hybridized carbons (Fsp3) is 0.294. The highest BCUT2D eigenvalue weighted by Gasteiger charge is 2.09. The summed E-state index contributed by atoms with van der Waals surface area (Å²) in [5.74, 6) is 0.652. The Morgan fingerprint density at radius 3 is 2.48 bits per heavy atom. The van der Waals surface area contributed by atoms with E-state index >= 15 is 0 Å². The summed E-state index contributed by atoms with van der Waals surface area (Å²) in [4.78, 5) is 2.05. The molecule has 0 heterocycles. The topological polar surface area (TPSA) is 38.5 Å². The van der Waals surface area contributed by atoms with Gasteiger partial charge >= 0.3 is 0 Å². The molecule has 0 saturated carbocycles. The minimum Gasteiger partial charge on any atom is -0.496 e. The maximum Gasteiger partial charge on any atom is 0.127 e. The van der Waals surface area contributed by atoms with Crippen molar-refractivity contribution in [2.45, 2.75) is 19.6 Å². The van der Waals surface area contributed by atoms with E-state index in [-0.39, 0.29) is 5.82 Å². The minimum absolute atomic E-state index is 0.174. The van der Waals surface area contributed by atoms with E-state index in [2.05, 4.69) is 4.90 Å². The lowest BCUT2D eigenvalue weighted by Crippen LogP contribution is -2.18. The number of hydrogen-bond donors (Lipinski definition) is 1. The molecule has 0 radical (unpaired) electrons. The Morgan fingerprint density at radius 2 is 1.81 bits per heavy atom. The first kappa shape index (κ1) is 15.5. The number of rotatable bonds is 6. The predicted octanol–water partition coefficient (Wildman–Crippen LogP) is 2.93. The van der Waals surface area contributed by atoms with Crippen LogP contribution in [0, 0.1) is 5.82 Å². The van der Waals surface area contributed by atoms with Gasteiger partial charge in [-0.3, -0.25) is 4.90 Å². The second-order valence-electron chi connectivity index (χ2n) is 5.11. The summed E-state index contributed by atoms with van der Waals surface area (Å²) >= 11 is 0. The zero-order valence-electron chi connectivity index (χ0n) is 12.5. The van der Waals surface area contributed by atoms with Crippen molar-refractivity contribution in [1.82, 2.24) is 4.90 Å². The Bertz CT molecular complexity index is 601. The predicted molar refractivity (Wildman–Crippen MR) is 82.5 cm³/mol. The van der Waals surface area contributed by atoms with Crippen LogP contribution in [0.15, 0.2) is 42.5 Å². The van der Waals surface area contributed by atoms with Gasteiger partial charge in [0.05, 0.1) is 7.11 Å². The highest BCUT2D eigenvalue weighted by Crippen LogP contribution is 2.22. The van der Waals surface area contributed by atoms with Crippen LogP contribution >= 0.6 is 0 Å². The van der Waals surface area contributed by atoms with E-state index in [1.165, 1.54) is 6.07 Å². The molecule has 0 fully saturated rings.